The number of aromatic nitrogens is 2. The highest BCUT2D eigenvalue weighted by Crippen LogP contribution is 2.20. The number of rotatable bonds is 5. The fourth-order valence-electron chi connectivity index (χ4n) is 2.55. The summed E-state index contributed by atoms with van der Waals surface area (Å²) in [6.45, 7) is 2.37. The zero-order valence-electron chi connectivity index (χ0n) is 13.2. The van der Waals surface area contributed by atoms with E-state index < -0.39 is 0 Å². The topological polar surface area (TPSA) is 67.0 Å². The smallest absolute Gasteiger partial charge is 0.224 e. The molecular weight excluding hydrogens is 290 g/mol. The molecule has 2 aromatic carbocycles. The Bertz CT molecular complexity index is 806. The molecule has 0 radical (unpaired) electrons. The van der Waals surface area contributed by atoms with Crippen LogP contribution in [-0.2, 0) is 17.8 Å². The number of hydrogen-bond donors (Lipinski definition) is 2. The number of benzene rings is 2. The van der Waals surface area contributed by atoms with Gasteiger partial charge in [-0.3, -0.25) is 4.79 Å². The molecule has 1 aromatic heterocycles. The van der Waals surface area contributed by atoms with E-state index in [1.807, 2.05) is 49.4 Å². The van der Waals surface area contributed by atoms with Gasteiger partial charge in [-0.25, -0.2) is 4.98 Å². The number of imidazole rings is 1. The molecule has 0 aliphatic carbocycles. The highest BCUT2D eigenvalue weighted by molar-refractivity contribution is 5.79. The molecule has 118 valence electrons. The van der Waals surface area contributed by atoms with Crippen molar-refractivity contribution in [2.45, 2.75) is 19.9 Å². The minimum atomic E-state index is -0.0608. The molecule has 2 N–H and O–H groups in total. The molecule has 0 saturated carbocycles. The lowest BCUT2D eigenvalue weighted by molar-refractivity contribution is -0.120. The van der Waals surface area contributed by atoms with E-state index >= 15 is 0 Å². The standard InChI is InChI=1S/C18H19N3O2/c1-12-7-8-16(23-2)13(9-12)10-18(22)19-11-17-20-14-5-3-4-6-15(14)21-17/h3-9H,10-11H2,1-2H3,(H,19,22)(H,20,21). The second-order valence-corrected chi connectivity index (χ2v) is 5.47. The van der Waals surface area contributed by atoms with Crippen molar-refractivity contribution < 1.29 is 9.53 Å². The van der Waals surface area contributed by atoms with Gasteiger partial charge in [0.05, 0.1) is 31.1 Å². The largest absolute Gasteiger partial charge is 0.496 e. The highest BCUT2D eigenvalue weighted by Gasteiger charge is 2.10. The van der Waals surface area contributed by atoms with Crippen molar-refractivity contribution >= 4 is 16.9 Å². The van der Waals surface area contributed by atoms with Gasteiger partial charge in [-0.15, -0.1) is 0 Å². The Balaban J connectivity index is 1.64. The zero-order chi connectivity index (χ0) is 16.2. The average Bonchev–Trinajstić information content (AvgIpc) is 2.96. The van der Waals surface area contributed by atoms with Crippen LogP contribution in [0.25, 0.3) is 11.0 Å². The maximum Gasteiger partial charge on any atom is 0.224 e. The molecule has 3 rings (SSSR count). The van der Waals surface area contributed by atoms with E-state index in [1.54, 1.807) is 7.11 Å². The van der Waals surface area contributed by atoms with Crippen molar-refractivity contribution in [1.82, 2.24) is 15.3 Å². The molecule has 5 nitrogen and oxygen atoms in total. The van der Waals surface area contributed by atoms with Crippen molar-refractivity contribution in [3.63, 3.8) is 0 Å². The number of methoxy groups -OCH3 is 1. The van der Waals surface area contributed by atoms with Crippen molar-refractivity contribution in [2.24, 2.45) is 0 Å². The molecule has 0 unspecified atom stereocenters. The van der Waals surface area contributed by atoms with Crippen LogP contribution >= 0.6 is 0 Å². The number of ether oxygens (including phenoxy) is 1. The van der Waals surface area contributed by atoms with Crippen LogP contribution in [0.15, 0.2) is 42.5 Å². The zero-order valence-corrected chi connectivity index (χ0v) is 13.2. The molecule has 0 fully saturated rings. The van der Waals surface area contributed by atoms with E-state index in [-0.39, 0.29) is 12.3 Å². The first-order valence-corrected chi connectivity index (χ1v) is 7.49. The van der Waals surface area contributed by atoms with Gasteiger partial charge >= 0.3 is 0 Å². The predicted octanol–water partition coefficient (Wildman–Crippen LogP) is 2.74. The lowest BCUT2D eigenvalue weighted by Gasteiger charge is -2.09. The summed E-state index contributed by atoms with van der Waals surface area (Å²) in [4.78, 5) is 19.8. The van der Waals surface area contributed by atoms with Crippen LogP contribution in [0.4, 0.5) is 0 Å². The van der Waals surface area contributed by atoms with Gasteiger partial charge in [0.2, 0.25) is 5.91 Å². The Hall–Kier alpha value is -2.82. The number of nitrogens with zero attached hydrogens (tertiary/aromatic N) is 1. The van der Waals surface area contributed by atoms with E-state index in [9.17, 15) is 4.79 Å². The van der Waals surface area contributed by atoms with Crippen LogP contribution in [0.1, 0.15) is 17.0 Å². The third-order valence-corrected chi connectivity index (χ3v) is 3.68. The third kappa shape index (κ3) is 3.51. The molecule has 3 aromatic rings. The Morgan fingerprint density at radius 1 is 1.26 bits per heavy atom. The van der Waals surface area contributed by atoms with Crippen LogP contribution in [-0.4, -0.2) is 23.0 Å². The highest BCUT2D eigenvalue weighted by atomic mass is 16.5. The van der Waals surface area contributed by atoms with E-state index in [0.717, 1.165) is 33.7 Å². The monoisotopic (exact) mass is 309 g/mol. The summed E-state index contributed by atoms with van der Waals surface area (Å²) in [6.07, 6.45) is 0.283. The SMILES string of the molecule is COc1ccc(C)cc1CC(=O)NCc1nc2ccccc2[nH]1. The van der Waals surface area contributed by atoms with Gasteiger partial charge in [0.25, 0.3) is 0 Å². The third-order valence-electron chi connectivity index (χ3n) is 3.68. The summed E-state index contributed by atoms with van der Waals surface area (Å²) in [7, 11) is 1.61. The molecule has 0 bridgehead atoms. The fraction of sp³-hybridized carbons (Fsp3) is 0.222. The van der Waals surface area contributed by atoms with Crippen LogP contribution in [0.2, 0.25) is 0 Å². The summed E-state index contributed by atoms with van der Waals surface area (Å²) in [6, 6.07) is 13.6. The number of nitrogens with one attached hydrogen (secondary N) is 2. The number of para-hydroxylation sites is 2. The second-order valence-electron chi connectivity index (χ2n) is 5.47. The summed E-state index contributed by atoms with van der Waals surface area (Å²) < 4.78 is 5.31. The molecule has 0 aliphatic rings. The van der Waals surface area contributed by atoms with Crippen molar-refractivity contribution in [1.29, 1.82) is 0 Å². The number of carbonyl (C=O) groups excluding carboxylic acids is 1. The van der Waals surface area contributed by atoms with Crippen molar-refractivity contribution in [2.75, 3.05) is 7.11 Å². The lowest BCUT2D eigenvalue weighted by atomic mass is 10.1. The van der Waals surface area contributed by atoms with Gasteiger partial charge in [-0.05, 0) is 25.1 Å². The van der Waals surface area contributed by atoms with Gasteiger partial charge in [0.1, 0.15) is 11.6 Å². The first-order valence-electron chi connectivity index (χ1n) is 7.49. The van der Waals surface area contributed by atoms with Crippen LogP contribution < -0.4 is 10.1 Å². The van der Waals surface area contributed by atoms with Gasteiger partial charge in [-0.1, -0.05) is 29.8 Å². The number of amides is 1. The van der Waals surface area contributed by atoms with E-state index in [2.05, 4.69) is 15.3 Å². The number of aromatic amines is 1. The molecule has 0 saturated heterocycles. The van der Waals surface area contributed by atoms with Crippen LogP contribution in [0.5, 0.6) is 5.75 Å². The molecule has 1 heterocycles. The first-order chi connectivity index (χ1) is 11.2. The van der Waals surface area contributed by atoms with Gasteiger partial charge in [0.15, 0.2) is 0 Å². The second kappa shape index (κ2) is 6.52. The van der Waals surface area contributed by atoms with Gasteiger partial charge in [-0.2, -0.15) is 0 Å². The molecule has 5 heteroatoms. The molecule has 0 aliphatic heterocycles. The summed E-state index contributed by atoms with van der Waals surface area (Å²) >= 11 is 0. The molecular formula is C18H19N3O2. The van der Waals surface area contributed by atoms with E-state index in [0.29, 0.717) is 6.54 Å². The van der Waals surface area contributed by atoms with Crippen LogP contribution in [0.3, 0.4) is 0 Å². The minimum absolute atomic E-state index is 0.0608. The summed E-state index contributed by atoms with van der Waals surface area (Å²) in [5, 5.41) is 2.89. The lowest BCUT2D eigenvalue weighted by Crippen LogP contribution is -2.25. The van der Waals surface area contributed by atoms with Crippen LogP contribution in [0, 0.1) is 6.92 Å². The number of fused-ring (bicyclic) bond motifs is 1. The number of hydrogen-bond acceptors (Lipinski definition) is 3. The Morgan fingerprint density at radius 3 is 2.87 bits per heavy atom. The first kappa shape index (κ1) is 15.1. The number of carbonyl (C=O) groups is 1. The molecule has 23 heavy (non-hydrogen) atoms. The Morgan fingerprint density at radius 2 is 2.09 bits per heavy atom. The summed E-state index contributed by atoms with van der Waals surface area (Å²) in [5.41, 5.74) is 3.86. The molecule has 1 amide bonds. The number of aryl methyl sites for hydroxylation is 1. The Labute approximate surface area is 134 Å². The molecule has 0 atom stereocenters. The average molecular weight is 309 g/mol. The molecule has 0 spiro atoms. The van der Waals surface area contributed by atoms with Crippen molar-refractivity contribution in [3.8, 4) is 5.75 Å². The predicted molar refractivity (Wildman–Crippen MR) is 89.4 cm³/mol. The maximum absolute atomic E-state index is 12.2. The quantitative estimate of drug-likeness (QED) is 0.761. The van der Waals surface area contributed by atoms with Gasteiger partial charge < -0.3 is 15.0 Å². The van der Waals surface area contributed by atoms with E-state index in [4.69, 9.17) is 4.74 Å². The normalized spacial score (nSPS) is 10.7. The minimum Gasteiger partial charge on any atom is -0.496 e. The Kier molecular flexibility index (Phi) is 4.28. The van der Waals surface area contributed by atoms with E-state index in [1.165, 1.54) is 0 Å². The summed E-state index contributed by atoms with van der Waals surface area (Å²) in [5.74, 6) is 1.42. The van der Waals surface area contributed by atoms with Gasteiger partial charge in [0, 0.05) is 5.56 Å². The fourth-order valence-corrected chi connectivity index (χ4v) is 2.55. The number of H-pyrrole nitrogens is 1. The maximum atomic E-state index is 12.2. The van der Waals surface area contributed by atoms with Crippen molar-refractivity contribution in [3.05, 3.63) is 59.4 Å².